The molecule has 8 atom stereocenters. The first-order chi connectivity index (χ1) is 17.1. The molecule has 1 fully saturated rings. The Morgan fingerprint density at radius 2 is 1.81 bits per heavy atom. The Morgan fingerprint density at radius 3 is 2.47 bits per heavy atom. The van der Waals surface area contributed by atoms with Crippen LogP contribution in [0.1, 0.15) is 80.1 Å². The summed E-state index contributed by atoms with van der Waals surface area (Å²) in [5.41, 5.74) is 0.793. The number of hydrogen-bond acceptors (Lipinski definition) is 7. The van der Waals surface area contributed by atoms with Crippen LogP contribution in [0, 0.1) is 29.1 Å². The minimum Gasteiger partial charge on any atom is -0.466 e. The number of allylic oxidation sites excluding steroid dienone is 3. The minimum absolute atomic E-state index is 0.0869. The second kappa shape index (κ2) is 12.7. The normalized spacial score (nSPS) is 34.5. The Kier molecular flexibility index (Phi) is 10.2. The molecule has 3 aliphatic rings. The molecule has 1 unspecified atom stereocenters. The van der Waals surface area contributed by atoms with E-state index in [0.717, 1.165) is 25.7 Å². The van der Waals surface area contributed by atoms with E-state index in [1.54, 1.807) is 14.0 Å². The zero-order chi connectivity index (χ0) is 26.5. The van der Waals surface area contributed by atoms with Crippen molar-refractivity contribution in [3.05, 3.63) is 23.8 Å². The van der Waals surface area contributed by atoms with E-state index >= 15 is 0 Å². The minimum atomic E-state index is -0.789. The standard InChI is InChI=1S/C29H46O7/c1-8-29(5,6)27(31)36-24-15-18(3)14-20-11-10-19(4)23(26(20)24)13-12-21-16-22(17-25(30)33-9-2)35-28(32-7)34-21/h10-11,14,18-19,21-24,26,28H,8-9,12-13,15-17H2,1-7H3/t18-,19-,21+,22+,23-,24-,26-,28?/m0/s1. The molecule has 7 heteroatoms. The van der Waals surface area contributed by atoms with Crippen LogP contribution in [-0.4, -0.2) is 50.4 Å². The van der Waals surface area contributed by atoms with Gasteiger partial charge in [0.1, 0.15) is 6.10 Å². The molecule has 0 aromatic carbocycles. The molecule has 204 valence electrons. The first-order valence-electron chi connectivity index (χ1n) is 13.7. The van der Waals surface area contributed by atoms with Gasteiger partial charge >= 0.3 is 11.9 Å². The first-order valence-corrected chi connectivity index (χ1v) is 13.7. The number of carbonyl (C=O) groups is 2. The Labute approximate surface area is 216 Å². The van der Waals surface area contributed by atoms with E-state index in [0.29, 0.717) is 30.8 Å². The van der Waals surface area contributed by atoms with Crippen molar-refractivity contribution in [1.29, 1.82) is 0 Å². The number of carbonyl (C=O) groups excluding carboxylic acids is 2. The molecule has 0 saturated carbocycles. The maximum Gasteiger partial charge on any atom is 0.311 e. The van der Waals surface area contributed by atoms with Crippen molar-refractivity contribution in [2.24, 2.45) is 29.1 Å². The molecule has 1 heterocycles. The largest absolute Gasteiger partial charge is 0.466 e. The predicted molar refractivity (Wildman–Crippen MR) is 137 cm³/mol. The first kappa shape index (κ1) is 28.9. The summed E-state index contributed by atoms with van der Waals surface area (Å²) in [6, 6.07) is 0. The van der Waals surface area contributed by atoms with Crippen LogP contribution < -0.4 is 0 Å². The van der Waals surface area contributed by atoms with Crippen LogP contribution in [0.2, 0.25) is 0 Å². The number of fused-ring (bicyclic) bond motifs is 1. The molecule has 7 nitrogen and oxygen atoms in total. The van der Waals surface area contributed by atoms with Gasteiger partial charge in [-0.25, -0.2) is 0 Å². The van der Waals surface area contributed by atoms with E-state index in [1.807, 2.05) is 20.8 Å². The van der Waals surface area contributed by atoms with Gasteiger partial charge in [-0.15, -0.1) is 0 Å². The summed E-state index contributed by atoms with van der Waals surface area (Å²) in [6.07, 6.45) is 10.5. The highest BCUT2D eigenvalue weighted by atomic mass is 16.9. The third kappa shape index (κ3) is 7.20. The van der Waals surface area contributed by atoms with Gasteiger partial charge in [-0.1, -0.05) is 39.0 Å². The van der Waals surface area contributed by atoms with Crippen LogP contribution in [0.25, 0.3) is 0 Å². The monoisotopic (exact) mass is 506 g/mol. The maximum absolute atomic E-state index is 13.0. The van der Waals surface area contributed by atoms with E-state index in [9.17, 15) is 9.59 Å². The SMILES string of the molecule is CCOC(=O)C[C@H]1C[C@@H](CC[C@@H]2[C@@H]3C(=C[C@H](C)C[C@@H]3OC(=O)C(C)(C)CC)C=C[C@@H]2C)OC(OC)O1. The number of hydrogen-bond donors (Lipinski definition) is 0. The van der Waals surface area contributed by atoms with Gasteiger partial charge < -0.3 is 23.7 Å². The van der Waals surface area contributed by atoms with Gasteiger partial charge in [0, 0.05) is 19.4 Å². The van der Waals surface area contributed by atoms with Crippen LogP contribution in [0.3, 0.4) is 0 Å². The molecule has 0 spiro atoms. The third-order valence-electron chi connectivity index (χ3n) is 8.14. The molecule has 1 aliphatic heterocycles. The van der Waals surface area contributed by atoms with Crippen LogP contribution in [0.15, 0.2) is 23.8 Å². The lowest BCUT2D eigenvalue weighted by molar-refractivity contribution is -0.343. The topological polar surface area (TPSA) is 80.3 Å². The highest BCUT2D eigenvalue weighted by Gasteiger charge is 2.43. The smallest absolute Gasteiger partial charge is 0.311 e. The molecular formula is C29H46O7. The van der Waals surface area contributed by atoms with Crippen molar-refractivity contribution in [2.75, 3.05) is 13.7 Å². The molecule has 0 aromatic heterocycles. The summed E-state index contributed by atoms with van der Waals surface area (Å²) in [7, 11) is 1.54. The van der Waals surface area contributed by atoms with Crippen molar-refractivity contribution in [3.63, 3.8) is 0 Å². The zero-order valence-electron chi connectivity index (χ0n) is 23.2. The molecule has 36 heavy (non-hydrogen) atoms. The molecule has 0 aromatic rings. The van der Waals surface area contributed by atoms with E-state index in [1.165, 1.54) is 5.57 Å². The second-order valence-corrected chi connectivity index (χ2v) is 11.3. The third-order valence-corrected chi connectivity index (χ3v) is 8.14. The molecule has 2 aliphatic carbocycles. The van der Waals surface area contributed by atoms with Crippen LogP contribution in [-0.2, 0) is 33.3 Å². The second-order valence-electron chi connectivity index (χ2n) is 11.3. The molecule has 0 radical (unpaired) electrons. The zero-order valence-corrected chi connectivity index (χ0v) is 23.2. The van der Waals surface area contributed by atoms with Crippen LogP contribution in [0.5, 0.6) is 0 Å². The van der Waals surface area contributed by atoms with Crippen molar-refractivity contribution in [2.45, 2.75) is 105 Å². The van der Waals surface area contributed by atoms with Gasteiger partial charge in [0.2, 0.25) is 0 Å². The van der Waals surface area contributed by atoms with Crippen molar-refractivity contribution in [3.8, 4) is 0 Å². The van der Waals surface area contributed by atoms with Crippen LogP contribution >= 0.6 is 0 Å². The van der Waals surface area contributed by atoms with Crippen molar-refractivity contribution >= 4 is 11.9 Å². The Morgan fingerprint density at radius 1 is 1.08 bits per heavy atom. The van der Waals surface area contributed by atoms with Crippen molar-refractivity contribution in [1.82, 2.24) is 0 Å². The fourth-order valence-corrected chi connectivity index (χ4v) is 5.63. The number of rotatable bonds is 10. The Hall–Kier alpha value is -1.70. The Bertz CT molecular complexity index is 816. The molecular weight excluding hydrogens is 460 g/mol. The number of methoxy groups -OCH3 is 1. The average molecular weight is 507 g/mol. The maximum atomic E-state index is 13.0. The van der Waals surface area contributed by atoms with Crippen molar-refractivity contribution < 1.29 is 33.3 Å². The summed E-state index contributed by atoms with van der Waals surface area (Å²) in [6.45, 7) is 11.7. The van der Waals surface area contributed by atoms with E-state index < -0.39 is 11.9 Å². The van der Waals surface area contributed by atoms with Gasteiger partial charge in [0.25, 0.3) is 6.48 Å². The Balaban J connectivity index is 1.72. The van der Waals surface area contributed by atoms with E-state index in [2.05, 4.69) is 32.1 Å². The lowest BCUT2D eigenvalue weighted by Gasteiger charge is -2.44. The number of esters is 2. The lowest BCUT2D eigenvalue weighted by Crippen LogP contribution is -2.44. The average Bonchev–Trinajstić information content (AvgIpc) is 2.83. The van der Waals surface area contributed by atoms with Gasteiger partial charge in [0.05, 0.1) is 30.7 Å². The molecule has 0 amide bonds. The highest BCUT2D eigenvalue weighted by Crippen LogP contribution is 2.45. The molecule has 3 rings (SSSR count). The van der Waals surface area contributed by atoms with Gasteiger partial charge in [-0.05, 0) is 69.8 Å². The van der Waals surface area contributed by atoms with Gasteiger partial charge in [-0.2, -0.15) is 0 Å². The fraction of sp³-hybridized carbons (Fsp3) is 0.793. The highest BCUT2D eigenvalue weighted by molar-refractivity contribution is 5.76. The molecule has 0 N–H and O–H groups in total. The lowest BCUT2D eigenvalue weighted by atomic mass is 9.65. The summed E-state index contributed by atoms with van der Waals surface area (Å²) in [4.78, 5) is 25.1. The van der Waals surface area contributed by atoms with Gasteiger partial charge in [0.15, 0.2) is 0 Å². The predicted octanol–water partition coefficient (Wildman–Crippen LogP) is 5.58. The van der Waals surface area contributed by atoms with E-state index in [4.69, 9.17) is 23.7 Å². The number of ether oxygens (including phenoxy) is 5. The molecule has 0 bridgehead atoms. The fourth-order valence-electron chi connectivity index (χ4n) is 5.63. The summed E-state index contributed by atoms with van der Waals surface area (Å²) in [5.74, 6) is 0.840. The van der Waals surface area contributed by atoms with Gasteiger partial charge in [-0.3, -0.25) is 9.59 Å². The quantitative estimate of drug-likeness (QED) is 0.358. The van der Waals surface area contributed by atoms with Crippen LogP contribution in [0.4, 0.5) is 0 Å². The van der Waals surface area contributed by atoms with E-state index in [-0.39, 0.29) is 42.6 Å². The summed E-state index contributed by atoms with van der Waals surface area (Å²) < 4.78 is 28.5. The molecule has 1 saturated heterocycles. The summed E-state index contributed by atoms with van der Waals surface area (Å²) >= 11 is 0. The summed E-state index contributed by atoms with van der Waals surface area (Å²) in [5, 5.41) is 0.